The van der Waals surface area contributed by atoms with Gasteiger partial charge in [0.25, 0.3) is 0 Å². The van der Waals surface area contributed by atoms with Gasteiger partial charge >= 0.3 is 0 Å². The van der Waals surface area contributed by atoms with Crippen molar-refractivity contribution in [3.8, 4) is 9.88 Å². The molecule has 21 heavy (non-hydrogen) atoms. The zero-order valence-corrected chi connectivity index (χ0v) is 14.7. The zero-order valence-electron chi connectivity index (χ0n) is 13.0. The van der Waals surface area contributed by atoms with Crippen molar-refractivity contribution in [2.45, 2.75) is 47.0 Å². The molecule has 2 nitrogen and oxygen atoms in total. The summed E-state index contributed by atoms with van der Waals surface area (Å²) in [7, 11) is 0. The molecular formula is C17H21NOS2. The van der Waals surface area contributed by atoms with Gasteiger partial charge in [0.1, 0.15) is 5.01 Å². The van der Waals surface area contributed by atoms with Gasteiger partial charge in [0.15, 0.2) is 5.78 Å². The molecule has 0 atom stereocenters. The third-order valence-electron chi connectivity index (χ3n) is 3.87. The van der Waals surface area contributed by atoms with Crippen LogP contribution in [0.4, 0.5) is 0 Å². The fourth-order valence-corrected chi connectivity index (χ4v) is 5.41. The van der Waals surface area contributed by atoms with Crippen molar-refractivity contribution in [1.82, 2.24) is 4.98 Å². The summed E-state index contributed by atoms with van der Waals surface area (Å²) in [6.07, 6.45) is 4.49. The first-order chi connectivity index (χ1) is 9.87. The van der Waals surface area contributed by atoms with Crippen molar-refractivity contribution in [3.63, 3.8) is 0 Å². The van der Waals surface area contributed by atoms with Crippen LogP contribution in [0.1, 0.15) is 54.9 Å². The molecule has 0 aliphatic heterocycles. The van der Waals surface area contributed by atoms with Crippen molar-refractivity contribution in [2.75, 3.05) is 0 Å². The molecule has 0 saturated heterocycles. The summed E-state index contributed by atoms with van der Waals surface area (Å²) in [6, 6.07) is 0. The van der Waals surface area contributed by atoms with Crippen LogP contribution in [0.3, 0.4) is 0 Å². The van der Waals surface area contributed by atoms with E-state index in [0.29, 0.717) is 18.1 Å². The quantitative estimate of drug-likeness (QED) is 0.776. The summed E-state index contributed by atoms with van der Waals surface area (Å²) in [5.41, 5.74) is 2.34. The Bertz CT molecular complexity index is 665. The number of Topliss-reactive ketones (excluding diaryl/α,β-unsaturated/α-hetero) is 1. The van der Waals surface area contributed by atoms with E-state index >= 15 is 0 Å². The second-order valence-electron chi connectivity index (χ2n) is 7.08. The van der Waals surface area contributed by atoms with Crippen LogP contribution in [0.5, 0.6) is 0 Å². The first-order valence-electron chi connectivity index (χ1n) is 7.45. The monoisotopic (exact) mass is 319 g/mol. The smallest absolute Gasteiger partial charge is 0.164 e. The molecule has 0 N–H and O–H groups in total. The average Bonchev–Trinajstić information content (AvgIpc) is 2.94. The minimum absolute atomic E-state index is 0.0618. The number of thiazole rings is 1. The molecule has 1 aliphatic rings. The van der Waals surface area contributed by atoms with E-state index in [0.717, 1.165) is 23.4 Å². The average molecular weight is 319 g/mol. The van der Waals surface area contributed by atoms with Gasteiger partial charge < -0.3 is 0 Å². The molecule has 0 fully saturated rings. The van der Waals surface area contributed by atoms with Gasteiger partial charge in [-0.3, -0.25) is 4.79 Å². The lowest BCUT2D eigenvalue weighted by Crippen LogP contribution is -2.27. The number of aromatic nitrogens is 1. The molecule has 4 heteroatoms. The summed E-state index contributed by atoms with van der Waals surface area (Å²) in [5, 5.41) is 3.08. The molecule has 2 aromatic rings. The van der Waals surface area contributed by atoms with E-state index in [2.05, 4.69) is 32.7 Å². The summed E-state index contributed by atoms with van der Waals surface area (Å²) in [4.78, 5) is 19.7. The van der Waals surface area contributed by atoms with Gasteiger partial charge in [-0.2, -0.15) is 0 Å². The highest BCUT2D eigenvalue weighted by Gasteiger charge is 2.36. The lowest BCUT2D eigenvalue weighted by Gasteiger charge is -2.29. The number of hydrogen-bond donors (Lipinski definition) is 0. The van der Waals surface area contributed by atoms with Gasteiger partial charge in [-0.25, -0.2) is 4.98 Å². The van der Waals surface area contributed by atoms with E-state index in [1.807, 2.05) is 11.6 Å². The highest BCUT2D eigenvalue weighted by molar-refractivity contribution is 7.21. The highest BCUT2D eigenvalue weighted by Crippen LogP contribution is 2.46. The molecule has 0 unspecified atom stereocenters. The van der Waals surface area contributed by atoms with Crippen molar-refractivity contribution < 1.29 is 4.79 Å². The number of fused-ring (bicyclic) bond motifs is 1. The maximum absolute atomic E-state index is 12.7. The Morgan fingerprint density at radius 3 is 2.71 bits per heavy atom. The lowest BCUT2D eigenvalue weighted by molar-refractivity contribution is 0.0912. The molecule has 112 valence electrons. The highest BCUT2D eigenvalue weighted by atomic mass is 32.1. The second kappa shape index (κ2) is 5.33. The number of nitrogens with zero attached hydrogens (tertiary/aromatic N) is 1. The van der Waals surface area contributed by atoms with E-state index in [1.54, 1.807) is 22.7 Å². The Morgan fingerprint density at radius 2 is 2.10 bits per heavy atom. The molecule has 1 aliphatic carbocycles. The van der Waals surface area contributed by atoms with Gasteiger partial charge in [0, 0.05) is 28.4 Å². The van der Waals surface area contributed by atoms with Crippen molar-refractivity contribution >= 4 is 28.5 Å². The lowest BCUT2D eigenvalue weighted by atomic mass is 9.73. The Morgan fingerprint density at radius 1 is 1.33 bits per heavy atom. The molecule has 0 bridgehead atoms. The Labute approximate surface area is 134 Å². The third kappa shape index (κ3) is 2.84. The minimum Gasteiger partial charge on any atom is -0.294 e. The van der Waals surface area contributed by atoms with E-state index in [-0.39, 0.29) is 5.41 Å². The molecule has 0 aromatic carbocycles. The molecule has 2 aromatic heterocycles. The number of rotatable bonds is 3. The Kier molecular flexibility index (Phi) is 3.78. The normalized spacial score (nSPS) is 17.3. The van der Waals surface area contributed by atoms with Gasteiger partial charge in [0.05, 0.1) is 4.88 Å². The molecule has 0 saturated carbocycles. The van der Waals surface area contributed by atoms with Gasteiger partial charge in [0.2, 0.25) is 0 Å². The predicted octanol–water partition coefficient (Wildman–Crippen LogP) is 5.23. The van der Waals surface area contributed by atoms with E-state index in [9.17, 15) is 4.79 Å². The van der Waals surface area contributed by atoms with Crippen molar-refractivity contribution in [2.24, 2.45) is 11.3 Å². The van der Waals surface area contributed by atoms with Crippen LogP contribution in [0.15, 0.2) is 11.6 Å². The largest absolute Gasteiger partial charge is 0.294 e. The molecule has 0 amide bonds. The second-order valence-corrected chi connectivity index (χ2v) is 9.08. The predicted molar refractivity (Wildman–Crippen MR) is 90.4 cm³/mol. The Hall–Kier alpha value is -1.00. The van der Waals surface area contributed by atoms with Crippen LogP contribution in [-0.4, -0.2) is 10.8 Å². The standard InChI is InChI=1S/C17H21NOS2/c1-10(2)7-13-14-11(8-17(3,4)9-12(14)19)15(21-13)16-18-5-6-20-16/h5-6,10H,7-9H2,1-4H3. The zero-order chi connectivity index (χ0) is 15.2. The number of carbonyl (C=O) groups is 1. The number of hydrogen-bond acceptors (Lipinski definition) is 4. The topological polar surface area (TPSA) is 30.0 Å². The number of carbonyl (C=O) groups excluding carboxylic acids is 1. The SMILES string of the molecule is CC(C)Cc1sc(-c2nccs2)c2c1C(=O)CC(C)(C)C2. The molecular weight excluding hydrogens is 298 g/mol. The van der Waals surface area contributed by atoms with Crippen molar-refractivity contribution in [1.29, 1.82) is 0 Å². The van der Waals surface area contributed by atoms with Crippen molar-refractivity contribution in [3.05, 3.63) is 27.6 Å². The number of ketones is 1. The maximum atomic E-state index is 12.7. The Balaban J connectivity index is 2.17. The minimum atomic E-state index is 0.0618. The van der Waals surface area contributed by atoms with E-state index in [4.69, 9.17) is 0 Å². The third-order valence-corrected chi connectivity index (χ3v) is 6.05. The maximum Gasteiger partial charge on any atom is 0.164 e. The molecule has 3 rings (SSSR count). The van der Waals surface area contributed by atoms with Gasteiger partial charge in [-0.05, 0) is 29.7 Å². The van der Waals surface area contributed by atoms with Crippen LogP contribution in [0.25, 0.3) is 9.88 Å². The molecule has 0 spiro atoms. The van der Waals surface area contributed by atoms with E-state index in [1.165, 1.54) is 15.3 Å². The van der Waals surface area contributed by atoms with Crippen LogP contribution < -0.4 is 0 Å². The van der Waals surface area contributed by atoms with Crippen LogP contribution >= 0.6 is 22.7 Å². The fourth-order valence-electron chi connectivity index (χ4n) is 3.10. The first kappa shape index (κ1) is 14.9. The van der Waals surface area contributed by atoms with Crippen LogP contribution in [0.2, 0.25) is 0 Å². The summed E-state index contributed by atoms with van der Waals surface area (Å²) in [5.74, 6) is 0.899. The van der Waals surface area contributed by atoms with Gasteiger partial charge in [-0.1, -0.05) is 27.7 Å². The molecule has 2 heterocycles. The fraction of sp³-hybridized carbons (Fsp3) is 0.529. The van der Waals surface area contributed by atoms with Crippen LogP contribution in [0, 0.1) is 11.3 Å². The summed E-state index contributed by atoms with van der Waals surface area (Å²) < 4.78 is 0. The molecule has 0 radical (unpaired) electrons. The summed E-state index contributed by atoms with van der Waals surface area (Å²) >= 11 is 3.46. The van der Waals surface area contributed by atoms with Gasteiger partial charge in [-0.15, -0.1) is 22.7 Å². The van der Waals surface area contributed by atoms with E-state index < -0.39 is 0 Å². The number of thiophene rings is 1. The first-order valence-corrected chi connectivity index (χ1v) is 9.14. The summed E-state index contributed by atoms with van der Waals surface area (Å²) in [6.45, 7) is 8.82. The van der Waals surface area contributed by atoms with Crippen LogP contribution in [-0.2, 0) is 12.8 Å².